The number of pyridine rings is 1. The first-order chi connectivity index (χ1) is 12.9. The maximum atomic E-state index is 12.9. The minimum atomic E-state index is -1.07. The highest BCUT2D eigenvalue weighted by Gasteiger charge is 2.12. The smallest absolute Gasteiger partial charge is 0.337 e. The van der Waals surface area contributed by atoms with E-state index in [1.165, 1.54) is 22.2 Å². The second kappa shape index (κ2) is 7.58. The molecule has 1 N–H and O–H groups in total. The number of fused-ring (bicyclic) bond motifs is 1. The number of carboxylic acids is 1. The lowest BCUT2D eigenvalue weighted by Gasteiger charge is -2.09. The number of aromatic carboxylic acids is 1. The zero-order chi connectivity index (χ0) is 19.6. The molecular weight excluding hydrogens is 340 g/mol. The first-order valence-corrected chi connectivity index (χ1v) is 8.94. The molecule has 1 aromatic carbocycles. The van der Waals surface area contributed by atoms with Crippen LogP contribution in [0.3, 0.4) is 0 Å². The Balaban J connectivity index is 2.16. The van der Waals surface area contributed by atoms with Crippen molar-refractivity contribution in [2.45, 2.75) is 33.6 Å². The number of nitrogens with zero attached hydrogens (tertiary/aromatic N) is 2. The number of hydrogen-bond acceptors (Lipinski definition) is 3. The maximum Gasteiger partial charge on any atom is 0.337 e. The Morgan fingerprint density at radius 2 is 1.96 bits per heavy atom. The lowest BCUT2D eigenvalue weighted by Crippen LogP contribution is -2.22. The summed E-state index contributed by atoms with van der Waals surface area (Å²) < 4.78 is 1.32. The zero-order valence-electron chi connectivity index (χ0n) is 15.7. The summed E-state index contributed by atoms with van der Waals surface area (Å²) >= 11 is 0. The molecular formula is C22H22N2O3. The molecule has 3 aromatic rings. The lowest BCUT2D eigenvalue weighted by atomic mass is 10.0. The van der Waals surface area contributed by atoms with Crippen molar-refractivity contribution in [3.8, 4) is 0 Å². The van der Waals surface area contributed by atoms with Gasteiger partial charge in [0.15, 0.2) is 0 Å². The molecule has 0 spiro atoms. The molecule has 0 aliphatic carbocycles. The Hall–Kier alpha value is -3.21. The summed E-state index contributed by atoms with van der Waals surface area (Å²) in [6.45, 7) is 6.09. The third-order valence-corrected chi connectivity index (χ3v) is 4.55. The van der Waals surface area contributed by atoms with E-state index < -0.39 is 5.97 Å². The van der Waals surface area contributed by atoms with Crippen LogP contribution >= 0.6 is 0 Å². The lowest BCUT2D eigenvalue weighted by molar-refractivity contribution is 0.0696. The minimum Gasteiger partial charge on any atom is -0.478 e. The summed E-state index contributed by atoms with van der Waals surface area (Å²) in [7, 11) is 0. The van der Waals surface area contributed by atoms with Crippen LogP contribution in [0, 0.1) is 13.8 Å². The van der Waals surface area contributed by atoms with Crippen LogP contribution in [0.5, 0.6) is 0 Å². The molecule has 0 saturated heterocycles. The molecule has 2 aromatic heterocycles. The highest BCUT2D eigenvalue weighted by atomic mass is 16.4. The van der Waals surface area contributed by atoms with E-state index >= 15 is 0 Å². The van der Waals surface area contributed by atoms with E-state index in [1.807, 2.05) is 32.9 Å². The van der Waals surface area contributed by atoms with Gasteiger partial charge in [-0.25, -0.2) is 9.78 Å². The van der Waals surface area contributed by atoms with Gasteiger partial charge in [0.2, 0.25) is 0 Å². The average molecular weight is 362 g/mol. The molecule has 138 valence electrons. The number of aryl methyl sites for hydroxylation is 2. The number of hydrogen-bond donors (Lipinski definition) is 1. The highest BCUT2D eigenvalue weighted by Crippen LogP contribution is 2.16. The largest absolute Gasteiger partial charge is 0.478 e. The highest BCUT2D eigenvalue weighted by molar-refractivity contribution is 5.87. The van der Waals surface area contributed by atoms with Crippen molar-refractivity contribution in [2.75, 3.05) is 0 Å². The molecule has 3 rings (SSSR count). The van der Waals surface area contributed by atoms with E-state index in [2.05, 4.69) is 23.2 Å². The fourth-order valence-electron chi connectivity index (χ4n) is 3.05. The van der Waals surface area contributed by atoms with Gasteiger partial charge in [-0.05, 0) is 49.6 Å². The summed E-state index contributed by atoms with van der Waals surface area (Å²) in [5, 5.41) is 9.17. The van der Waals surface area contributed by atoms with E-state index in [1.54, 1.807) is 6.07 Å². The van der Waals surface area contributed by atoms with E-state index in [0.717, 1.165) is 17.5 Å². The van der Waals surface area contributed by atoms with Gasteiger partial charge in [-0.1, -0.05) is 43.2 Å². The number of rotatable bonds is 5. The van der Waals surface area contributed by atoms with Crippen molar-refractivity contribution in [1.29, 1.82) is 0 Å². The van der Waals surface area contributed by atoms with Crippen molar-refractivity contribution < 1.29 is 9.90 Å². The maximum absolute atomic E-state index is 12.9. The topological polar surface area (TPSA) is 71.7 Å². The minimum absolute atomic E-state index is 0.0625. The molecule has 0 unspecified atom stereocenters. The van der Waals surface area contributed by atoms with Gasteiger partial charge in [0.1, 0.15) is 5.65 Å². The molecule has 5 heteroatoms. The Bertz CT molecular complexity index is 1110. The van der Waals surface area contributed by atoms with Crippen LogP contribution in [0.25, 0.3) is 17.8 Å². The van der Waals surface area contributed by atoms with Crippen LogP contribution in [0.1, 0.15) is 51.7 Å². The van der Waals surface area contributed by atoms with Crippen molar-refractivity contribution in [2.24, 2.45) is 0 Å². The van der Waals surface area contributed by atoms with Crippen molar-refractivity contribution in [3.05, 3.63) is 80.4 Å². The van der Waals surface area contributed by atoms with Gasteiger partial charge in [0.05, 0.1) is 11.3 Å². The number of carbonyl (C=O) groups is 1. The summed E-state index contributed by atoms with van der Waals surface area (Å²) in [6.07, 6.45) is 6.57. The molecule has 0 aliphatic heterocycles. The second-order valence-electron chi connectivity index (χ2n) is 6.68. The normalized spacial score (nSPS) is 11.4. The summed E-state index contributed by atoms with van der Waals surface area (Å²) in [4.78, 5) is 28.8. The van der Waals surface area contributed by atoms with Crippen LogP contribution in [-0.2, 0) is 6.42 Å². The van der Waals surface area contributed by atoms with Gasteiger partial charge in [-0.2, -0.15) is 0 Å². The molecule has 0 fully saturated rings. The fourth-order valence-corrected chi connectivity index (χ4v) is 3.05. The van der Waals surface area contributed by atoms with E-state index in [9.17, 15) is 14.7 Å². The van der Waals surface area contributed by atoms with Crippen LogP contribution in [-0.4, -0.2) is 20.5 Å². The standard InChI is InChI=1S/C22H22N2O3/c1-4-5-18-19(10-8-16-12-14(2)6-7-15(16)3)23-20-11-9-17(22(26)27)13-24(20)21(18)25/h6-13H,4-5H2,1-3H3,(H,26,27)/b10-8+. The van der Waals surface area contributed by atoms with Crippen molar-refractivity contribution in [1.82, 2.24) is 9.38 Å². The third-order valence-electron chi connectivity index (χ3n) is 4.55. The molecule has 2 heterocycles. The molecule has 0 saturated carbocycles. The Morgan fingerprint density at radius 3 is 2.67 bits per heavy atom. The summed E-state index contributed by atoms with van der Waals surface area (Å²) in [5.74, 6) is -1.07. The summed E-state index contributed by atoms with van der Waals surface area (Å²) in [5.41, 5.74) is 4.91. The predicted molar refractivity (Wildman–Crippen MR) is 107 cm³/mol. The van der Waals surface area contributed by atoms with Crippen molar-refractivity contribution >= 4 is 23.8 Å². The van der Waals surface area contributed by atoms with Crippen LogP contribution < -0.4 is 5.56 Å². The van der Waals surface area contributed by atoms with Gasteiger partial charge < -0.3 is 5.11 Å². The van der Waals surface area contributed by atoms with Crippen LogP contribution in [0.15, 0.2) is 41.3 Å². The number of benzene rings is 1. The van der Waals surface area contributed by atoms with Gasteiger partial charge in [-0.15, -0.1) is 0 Å². The first kappa shape index (κ1) is 18.6. The fraction of sp³-hybridized carbons (Fsp3) is 0.227. The zero-order valence-corrected chi connectivity index (χ0v) is 15.7. The van der Waals surface area contributed by atoms with E-state index in [4.69, 9.17) is 0 Å². The molecule has 0 amide bonds. The van der Waals surface area contributed by atoms with Crippen LogP contribution in [0.2, 0.25) is 0 Å². The average Bonchev–Trinajstić information content (AvgIpc) is 2.64. The molecule has 5 nitrogen and oxygen atoms in total. The van der Waals surface area contributed by atoms with Gasteiger partial charge in [-0.3, -0.25) is 9.20 Å². The molecule has 0 radical (unpaired) electrons. The van der Waals surface area contributed by atoms with E-state index in [-0.39, 0.29) is 11.1 Å². The number of aromatic nitrogens is 2. The molecule has 0 aliphatic rings. The Kier molecular flexibility index (Phi) is 5.21. The second-order valence-corrected chi connectivity index (χ2v) is 6.68. The summed E-state index contributed by atoms with van der Waals surface area (Å²) in [6, 6.07) is 9.25. The van der Waals surface area contributed by atoms with Gasteiger partial charge in [0, 0.05) is 11.8 Å². The van der Waals surface area contributed by atoms with Crippen LogP contribution in [0.4, 0.5) is 0 Å². The van der Waals surface area contributed by atoms with Crippen molar-refractivity contribution in [3.63, 3.8) is 0 Å². The number of carboxylic acid groups (broad SMARTS) is 1. The van der Waals surface area contributed by atoms with E-state index in [0.29, 0.717) is 23.3 Å². The third kappa shape index (κ3) is 3.82. The molecule has 0 bridgehead atoms. The SMILES string of the molecule is CCCc1c(/C=C/c2cc(C)ccc2C)nc2ccc(C(=O)O)cn2c1=O. The first-order valence-electron chi connectivity index (χ1n) is 8.94. The van der Waals surface area contributed by atoms with Gasteiger partial charge in [0.25, 0.3) is 5.56 Å². The molecule has 27 heavy (non-hydrogen) atoms. The Labute approximate surface area is 157 Å². The quantitative estimate of drug-likeness (QED) is 0.741. The predicted octanol–water partition coefficient (Wildman–Crippen LogP) is 4.13. The Morgan fingerprint density at radius 1 is 1.19 bits per heavy atom. The van der Waals surface area contributed by atoms with Gasteiger partial charge >= 0.3 is 5.97 Å². The monoisotopic (exact) mass is 362 g/mol. The molecule has 0 atom stereocenters.